The van der Waals surface area contributed by atoms with Crippen molar-refractivity contribution in [1.29, 1.82) is 0 Å². The number of aromatic nitrogens is 4. The average molecular weight is 278 g/mol. The van der Waals surface area contributed by atoms with Crippen molar-refractivity contribution >= 4 is 22.9 Å². The van der Waals surface area contributed by atoms with Crippen LogP contribution in [0.25, 0.3) is 11.2 Å². The molecule has 0 amide bonds. The van der Waals surface area contributed by atoms with Crippen molar-refractivity contribution in [2.24, 2.45) is 5.92 Å². The van der Waals surface area contributed by atoms with Gasteiger partial charge in [0.15, 0.2) is 17.0 Å². The van der Waals surface area contributed by atoms with Crippen LogP contribution in [0.5, 0.6) is 0 Å². The Bertz CT molecular complexity index is 628. The van der Waals surface area contributed by atoms with Crippen LogP contribution in [0.3, 0.4) is 0 Å². The molecule has 2 aromatic heterocycles. The third-order valence-corrected chi connectivity index (χ3v) is 3.61. The first kappa shape index (κ1) is 13.1. The first-order valence-corrected chi connectivity index (χ1v) is 6.58. The number of nitrogens with two attached hydrogens (primary N) is 1. The Morgan fingerprint density at radius 3 is 3.00 bits per heavy atom. The van der Waals surface area contributed by atoms with Crippen LogP contribution in [-0.4, -0.2) is 44.4 Å². The zero-order valence-electron chi connectivity index (χ0n) is 11.4. The van der Waals surface area contributed by atoms with E-state index in [4.69, 9.17) is 10.5 Å². The second kappa shape index (κ2) is 4.88. The summed E-state index contributed by atoms with van der Waals surface area (Å²) in [5, 5.41) is 12.2. The SMILES string of the molecule is CNc1nc(N)nc2c1ncn2C1O[C@H](CO)CC1C. The number of anilines is 2. The van der Waals surface area contributed by atoms with Gasteiger partial charge in [-0.15, -0.1) is 0 Å². The van der Waals surface area contributed by atoms with Crippen LogP contribution in [0.4, 0.5) is 11.8 Å². The highest BCUT2D eigenvalue weighted by molar-refractivity contribution is 5.84. The van der Waals surface area contributed by atoms with Gasteiger partial charge in [-0.05, 0) is 6.42 Å². The van der Waals surface area contributed by atoms with Crippen LogP contribution in [0.2, 0.25) is 0 Å². The third kappa shape index (κ3) is 1.97. The number of fused-ring (bicyclic) bond motifs is 1. The maximum absolute atomic E-state index is 9.23. The first-order valence-electron chi connectivity index (χ1n) is 6.58. The molecule has 8 nitrogen and oxygen atoms in total. The highest BCUT2D eigenvalue weighted by Crippen LogP contribution is 2.36. The zero-order valence-corrected chi connectivity index (χ0v) is 11.4. The molecule has 0 bridgehead atoms. The summed E-state index contributed by atoms with van der Waals surface area (Å²) in [6.45, 7) is 2.10. The van der Waals surface area contributed by atoms with Gasteiger partial charge in [0.1, 0.15) is 6.23 Å². The lowest BCUT2D eigenvalue weighted by Gasteiger charge is -2.17. The minimum absolute atomic E-state index is 0.0202. The van der Waals surface area contributed by atoms with Crippen LogP contribution in [0.1, 0.15) is 19.6 Å². The molecule has 1 fully saturated rings. The van der Waals surface area contributed by atoms with Gasteiger partial charge < -0.3 is 20.9 Å². The lowest BCUT2D eigenvalue weighted by atomic mass is 10.1. The molecule has 2 aromatic rings. The van der Waals surface area contributed by atoms with E-state index in [0.29, 0.717) is 17.0 Å². The Kier molecular flexibility index (Phi) is 3.19. The number of nitrogens with zero attached hydrogens (tertiary/aromatic N) is 4. The molecule has 0 spiro atoms. The van der Waals surface area contributed by atoms with Crippen molar-refractivity contribution < 1.29 is 9.84 Å². The van der Waals surface area contributed by atoms with E-state index < -0.39 is 0 Å². The predicted molar refractivity (Wildman–Crippen MR) is 74.1 cm³/mol. The fraction of sp³-hybridized carbons (Fsp3) is 0.583. The Balaban J connectivity index is 2.07. The summed E-state index contributed by atoms with van der Waals surface area (Å²) in [5.74, 6) is 1.04. The van der Waals surface area contributed by atoms with Crippen molar-refractivity contribution in [2.45, 2.75) is 25.7 Å². The second-order valence-corrected chi connectivity index (χ2v) is 5.05. The van der Waals surface area contributed by atoms with Gasteiger partial charge in [0.2, 0.25) is 5.95 Å². The number of nitrogens with one attached hydrogen (secondary N) is 1. The summed E-state index contributed by atoms with van der Waals surface area (Å²) >= 11 is 0. The number of rotatable bonds is 3. The third-order valence-electron chi connectivity index (χ3n) is 3.61. The topological polar surface area (TPSA) is 111 Å². The molecule has 8 heteroatoms. The monoisotopic (exact) mass is 278 g/mol. The smallest absolute Gasteiger partial charge is 0.224 e. The quantitative estimate of drug-likeness (QED) is 0.743. The number of imidazole rings is 1. The molecule has 0 saturated carbocycles. The van der Waals surface area contributed by atoms with Gasteiger partial charge in [0.05, 0.1) is 19.0 Å². The van der Waals surface area contributed by atoms with Crippen LogP contribution in [0.15, 0.2) is 6.33 Å². The molecular weight excluding hydrogens is 260 g/mol. The summed E-state index contributed by atoms with van der Waals surface area (Å²) in [4.78, 5) is 12.7. The number of hydrogen-bond acceptors (Lipinski definition) is 7. The molecule has 3 atom stereocenters. The van der Waals surface area contributed by atoms with E-state index in [0.717, 1.165) is 6.42 Å². The van der Waals surface area contributed by atoms with Gasteiger partial charge in [-0.25, -0.2) is 4.98 Å². The molecule has 0 radical (unpaired) electrons. The molecule has 1 saturated heterocycles. The highest BCUT2D eigenvalue weighted by Gasteiger charge is 2.34. The van der Waals surface area contributed by atoms with E-state index in [1.54, 1.807) is 13.4 Å². The maximum atomic E-state index is 9.23. The Labute approximate surface area is 116 Å². The molecule has 4 N–H and O–H groups in total. The van der Waals surface area contributed by atoms with Gasteiger partial charge in [-0.3, -0.25) is 4.57 Å². The van der Waals surface area contributed by atoms with E-state index in [1.165, 1.54) is 0 Å². The number of ether oxygens (including phenoxy) is 1. The molecule has 3 rings (SSSR count). The van der Waals surface area contributed by atoms with Crippen LogP contribution >= 0.6 is 0 Å². The molecule has 3 heterocycles. The van der Waals surface area contributed by atoms with Gasteiger partial charge in [-0.1, -0.05) is 6.92 Å². The largest absolute Gasteiger partial charge is 0.394 e. The molecule has 0 aliphatic carbocycles. The number of hydrogen-bond donors (Lipinski definition) is 3. The van der Waals surface area contributed by atoms with Crippen molar-refractivity contribution in [3.8, 4) is 0 Å². The molecule has 1 aliphatic rings. The van der Waals surface area contributed by atoms with Gasteiger partial charge >= 0.3 is 0 Å². The van der Waals surface area contributed by atoms with Crippen LogP contribution in [0, 0.1) is 5.92 Å². The summed E-state index contributed by atoms with van der Waals surface area (Å²) in [7, 11) is 1.76. The summed E-state index contributed by atoms with van der Waals surface area (Å²) in [6.07, 6.45) is 2.15. The molecule has 0 aromatic carbocycles. The first-order chi connectivity index (χ1) is 9.63. The number of aliphatic hydroxyl groups excluding tert-OH is 1. The molecule has 108 valence electrons. The van der Waals surface area contributed by atoms with E-state index in [2.05, 4.69) is 27.2 Å². The Hall–Kier alpha value is -1.93. The Morgan fingerprint density at radius 2 is 2.35 bits per heavy atom. The standard InChI is InChI=1S/C12H18N6O2/c1-6-3-7(4-19)20-11(6)18-5-15-8-9(14-2)16-12(13)17-10(8)18/h5-7,11,19H,3-4H2,1-2H3,(H3,13,14,16,17)/t6?,7-,11?/m0/s1. The fourth-order valence-corrected chi connectivity index (χ4v) is 2.67. The number of aliphatic hydroxyl groups is 1. The lowest BCUT2D eigenvalue weighted by molar-refractivity contribution is -0.0294. The van der Waals surface area contributed by atoms with Crippen molar-refractivity contribution in [1.82, 2.24) is 19.5 Å². The van der Waals surface area contributed by atoms with Crippen molar-refractivity contribution in [2.75, 3.05) is 24.7 Å². The van der Waals surface area contributed by atoms with Crippen LogP contribution in [-0.2, 0) is 4.74 Å². The second-order valence-electron chi connectivity index (χ2n) is 5.05. The minimum Gasteiger partial charge on any atom is -0.394 e. The van der Waals surface area contributed by atoms with E-state index >= 15 is 0 Å². The summed E-state index contributed by atoms with van der Waals surface area (Å²) < 4.78 is 7.70. The molecule has 2 unspecified atom stereocenters. The van der Waals surface area contributed by atoms with Gasteiger partial charge in [0.25, 0.3) is 0 Å². The molecular formula is C12H18N6O2. The summed E-state index contributed by atoms with van der Waals surface area (Å²) in [6, 6.07) is 0. The average Bonchev–Trinajstić information content (AvgIpc) is 3.00. The maximum Gasteiger partial charge on any atom is 0.224 e. The lowest BCUT2D eigenvalue weighted by Crippen LogP contribution is -2.15. The normalized spacial score (nSPS) is 26.2. The van der Waals surface area contributed by atoms with E-state index in [-0.39, 0.29) is 30.8 Å². The minimum atomic E-state index is -0.198. The van der Waals surface area contributed by atoms with Crippen LogP contribution < -0.4 is 11.1 Å². The van der Waals surface area contributed by atoms with Crippen molar-refractivity contribution in [3.05, 3.63) is 6.33 Å². The van der Waals surface area contributed by atoms with Gasteiger partial charge in [-0.2, -0.15) is 9.97 Å². The van der Waals surface area contributed by atoms with E-state index in [1.807, 2.05) is 4.57 Å². The predicted octanol–water partition coefficient (Wildman–Crippen LogP) is 0.366. The fourth-order valence-electron chi connectivity index (χ4n) is 2.67. The summed E-state index contributed by atoms with van der Waals surface area (Å²) in [5.41, 5.74) is 7.02. The molecule has 20 heavy (non-hydrogen) atoms. The highest BCUT2D eigenvalue weighted by atomic mass is 16.5. The molecule has 1 aliphatic heterocycles. The van der Waals surface area contributed by atoms with Gasteiger partial charge in [0, 0.05) is 13.0 Å². The zero-order chi connectivity index (χ0) is 14.3. The Morgan fingerprint density at radius 1 is 1.55 bits per heavy atom. The number of nitrogen functional groups attached to an aromatic ring is 1. The van der Waals surface area contributed by atoms with Crippen molar-refractivity contribution in [3.63, 3.8) is 0 Å². The van der Waals surface area contributed by atoms with E-state index in [9.17, 15) is 5.11 Å².